The zero-order chi connectivity index (χ0) is 18.1. The molecule has 25 heavy (non-hydrogen) atoms. The number of halogens is 3. The molecule has 1 aromatic carbocycles. The third-order valence-corrected chi connectivity index (χ3v) is 5.59. The first-order valence-electron chi connectivity index (χ1n) is 8.15. The van der Waals surface area contributed by atoms with Crippen LogP contribution in [0.3, 0.4) is 0 Å². The molecule has 1 fully saturated rings. The molecule has 1 aromatic rings. The second-order valence-corrected chi connectivity index (χ2v) is 7.28. The first-order valence-corrected chi connectivity index (χ1v) is 9.30. The molecule has 1 heterocycles. The van der Waals surface area contributed by atoms with Crippen LogP contribution >= 0.6 is 11.8 Å². The first kappa shape index (κ1) is 18.3. The fourth-order valence-electron chi connectivity index (χ4n) is 3.36. The number of fused-ring (bicyclic) bond motifs is 1. The van der Waals surface area contributed by atoms with Crippen LogP contribution in [0.15, 0.2) is 35.4 Å². The van der Waals surface area contributed by atoms with Gasteiger partial charge in [-0.15, -0.1) is 11.8 Å². The van der Waals surface area contributed by atoms with Gasteiger partial charge in [0.1, 0.15) is 0 Å². The Morgan fingerprint density at radius 3 is 2.72 bits per heavy atom. The van der Waals surface area contributed by atoms with Gasteiger partial charge in [-0.2, -0.15) is 23.3 Å². The lowest BCUT2D eigenvalue weighted by Crippen LogP contribution is -2.61. The topological polar surface area (TPSA) is 52.9 Å². The highest BCUT2D eigenvalue weighted by Crippen LogP contribution is 2.48. The Kier molecular flexibility index (Phi) is 5.11. The Bertz CT molecular complexity index is 666. The number of hydrazone groups is 1. The predicted molar refractivity (Wildman–Crippen MR) is 89.8 cm³/mol. The molecule has 0 unspecified atom stereocenters. The maximum absolute atomic E-state index is 13.6. The predicted octanol–water partition coefficient (Wildman–Crippen LogP) is 3.56. The molecule has 2 atom stereocenters. The second kappa shape index (κ2) is 6.99. The van der Waals surface area contributed by atoms with Crippen LogP contribution in [0.4, 0.5) is 13.2 Å². The summed E-state index contributed by atoms with van der Waals surface area (Å²) in [5, 5.41) is 14.6. The van der Waals surface area contributed by atoms with Crippen molar-refractivity contribution in [1.82, 2.24) is 5.01 Å². The van der Waals surface area contributed by atoms with Gasteiger partial charge in [-0.05, 0) is 24.8 Å². The standard InChI is InChI=1S/C17H19F3N2O2S/c18-17(19,20)16(24)13-8-4-5-9-14(13)21-22(16)15(23)11-25-10-12-6-2-1-3-7-12/h1-3,6-7,13,24H,4-5,8-11H2/t13-,16+/m1/s1. The average molecular weight is 372 g/mol. The molecule has 0 saturated heterocycles. The maximum Gasteiger partial charge on any atom is 0.439 e. The van der Waals surface area contributed by atoms with E-state index in [1.807, 2.05) is 30.3 Å². The average Bonchev–Trinajstić information content (AvgIpc) is 2.90. The Labute approximate surface area is 148 Å². The number of carbonyl (C=O) groups is 1. The molecule has 136 valence electrons. The highest BCUT2D eigenvalue weighted by Gasteiger charge is 2.68. The summed E-state index contributed by atoms with van der Waals surface area (Å²) in [6, 6.07) is 9.35. The monoisotopic (exact) mass is 372 g/mol. The number of thioether (sulfide) groups is 1. The van der Waals surface area contributed by atoms with Gasteiger partial charge in [0.25, 0.3) is 11.6 Å². The number of alkyl halides is 3. The minimum absolute atomic E-state index is 0.170. The number of benzene rings is 1. The number of hydrogen-bond acceptors (Lipinski definition) is 4. The molecule has 1 saturated carbocycles. The third kappa shape index (κ3) is 3.42. The number of nitrogens with zero attached hydrogens (tertiary/aromatic N) is 2. The van der Waals surface area contributed by atoms with Crippen molar-refractivity contribution in [3.05, 3.63) is 35.9 Å². The zero-order valence-corrected chi connectivity index (χ0v) is 14.3. The molecule has 3 rings (SSSR count). The Hall–Kier alpha value is -1.54. The van der Waals surface area contributed by atoms with Crippen LogP contribution in [-0.4, -0.2) is 39.4 Å². The van der Waals surface area contributed by atoms with E-state index in [0.29, 0.717) is 18.6 Å². The number of rotatable bonds is 4. The van der Waals surface area contributed by atoms with Gasteiger partial charge in [0.05, 0.1) is 11.7 Å². The molecular formula is C17H19F3N2O2S. The van der Waals surface area contributed by atoms with Gasteiger partial charge in [0.15, 0.2) is 0 Å². The van der Waals surface area contributed by atoms with Crippen molar-refractivity contribution >= 4 is 23.4 Å². The van der Waals surface area contributed by atoms with Crippen LogP contribution in [-0.2, 0) is 10.5 Å². The van der Waals surface area contributed by atoms with Crippen LogP contribution in [0.25, 0.3) is 0 Å². The Balaban J connectivity index is 1.72. The van der Waals surface area contributed by atoms with Crippen LogP contribution in [0.5, 0.6) is 0 Å². The van der Waals surface area contributed by atoms with E-state index in [-0.39, 0.29) is 22.9 Å². The lowest BCUT2D eigenvalue weighted by Gasteiger charge is -2.38. The summed E-state index contributed by atoms with van der Waals surface area (Å²) in [4.78, 5) is 12.4. The van der Waals surface area contributed by atoms with Crippen LogP contribution in [0.1, 0.15) is 31.2 Å². The van der Waals surface area contributed by atoms with Gasteiger partial charge < -0.3 is 5.11 Å². The summed E-state index contributed by atoms with van der Waals surface area (Å²) in [7, 11) is 0. The number of amides is 1. The normalized spacial score (nSPS) is 26.3. The van der Waals surface area contributed by atoms with Gasteiger partial charge >= 0.3 is 6.18 Å². The molecule has 1 aliphatic carbocycles. The summed E-state index contributed by atoms with van der Waals surface area (Å²) in [5.41, 5.74) is -1.95. The van der Waals surface area contributed by atoms with Crippen LogP contribution in [0.2, 0.25) is 0 Å². The van der Waals surface area contributed by atoms with Crippen molar-refractivity contribution in [2.24, 2.45) is 11.0 Å². The van der Waals surface area contributed by atoms with Gasteiger partial charge in [-0.3, -0.25) is 4.79 Å². The van der Waals surface area contributed by atoms with E-state index in [4.69, 9.17) is 0 Å². The van der Waals surface area contributed by atoms with Gasteiger partial charge in [0.2, 0.25) is 0 Å². The second-order valence-electron chi connectivity index (χ2n) is 6.30. The molecule has 8 heteroatoms. The highest BCUT2D eigenvalue weighted by molar-refractivity contribution is 7.99. The largest absolute Gasteiger partial charge is 0.439 e. The molecule has 1 N–H and O–H groups in total. The molecule has 1 amide bonds. The van der Waals surface area contributed by atoms with Gasteiger partial charge in [-0.1, -0.05) is 36.8 Å². The molecule has 4 nitrogen and oxygen atoms in total. The zero-order valence-electron chi connectivity index (χ0n) is 13.5. The molecular weight excluding hydrogens is 353 g/mol. The molecule has 0 radical (unpaired) electrons. The summed E-state index contributed by atoms with van der Waals surface area (Å²) in [6.45, 7) is 0. The minimum atomic E-state index is -4.94. The molecule has 0 aromatic heterocycles. The van der Waals surface area contributed by atoms with E-state index in [1.165, 1.54) is 11.8 Å². The molecule has 2 aliphatic rings. The minimum Gasteiger partial charge on any atom is -0.362 e. The smallest absolute Gasteiger partial charge is 0.362 e. The van der Waals surface area contributed by atoms with Crippen LogP contribution < -0.4 is 0 Å². The maximum atomic E-state index is 13.6. The van der Waals surface area contributed by atoms with E-state index in [1.54, 1.807) is 0 Å². The fraction of sp³-hybridized carbons (Fsp3) is 0.529. The summed E-state index contributed by atoms with van der Waals surface area (Å²) >= 11 is 1.21. The van der Waals surface area contributed by atoms with Crippen molar-refractivity contribution in [2.45, 2.75) is 43.3 Å². The van der Waals surface area contributed by atoms with Crippen LogP contribution in [0, 0.1) is 5.92 Å². The quantitative estimate of drug-likeness (QED) is 0.879. The van der Waals surface area contributed by atoms with Crippen molar-refractivity contribution in [3.8, 4) is 0 Å². The van der Waals surface area contributed by atoms with E-state index in [2.05, 4.69) is 5.10 Å². The Morgan fingerprint density at radius 1 is 1.32 bits per heavy atom. The van der Waals surface area contributed by atoms with Crippen molar-refractivity contribution < 1.29 is 23.1 Å². The Morgan fingerprint density at radius 2 is 2.04 bits per heavy atom. The van der Waals surface area contributed by atoms with Gasteiger partial charge in [0, 0.05) is 11.5 Å². The highest BCUT2D eigenvalue weighted by atomic mass is 32.2. The van der Waals surface area contributed by atoms with Gasteiger partial charge in [-0.25, -0.2) is 0 Å². The molecule has 0 bridgehead atoms. The lowest BCUT2D eigenvalue weighted by molar-refractivity contribution is -0.316. The van der Waals surface area contributed by atoms with E-state index in [9.17, 15) is 23.1 Å². The third-order valence-electron chi connectivity index (χ3n) is 4.61. The van der Waals surface area contributed by atoms with E-state index >= 15 is 0 Å². The lowest BCUT2D eigenvalue weighted by atomic mass is 9.80. The number of aliphatic hydroxyl groups is 1. The number of carbonyl (C=O) groups excluding carboxylic acids is 1. The van der Waals surface area contributed by atoms with Crippen molar-refractivity contribution in [2.75, 3.05) is 5.75 Å². The number of hydrogen-bond donors (Lipinski definition) is 1. The van der Waals surface area contributed by atoms with E-state index in [0.717, 1.165) is 12.0 Å². The molecule has 1 aliphatic heterocycles. The van der Waals surface area contributed by atoms with Crippen molar-refractivity contribution in [3.63, 3.8) is 0 Å². The fourth-order valence-corrected chi connectivity index (χ4v) is 4.18. The summed E-state index contributed by atoms with van der Waals surface area (Å²) in [6.07, 6.45) is -3.04. The van der Waals surface area contributed by atoms with E-state index < -0.39 is 23.7 Å². The summed E-state index contributed by atoms with van der Waals surface area (Å²) in [5.74, 6) is -1.63. The summed E-state index contributed by atoms with van der Waals surface area (Å²) < 4.78 is 40.8. The van der Waals surface area contributed by atoms with Crippen molar-refractivity contribution in [1.29, 1.82) is 0 Å². The SMILES string of the molecule is O=C(CSCc1ccccc1)N1N=C2CCCC[C@H]2[C@]1(O)C(F)(F)F. The first-order chi connectivity index (χ1) is 11.8. The molecule has 0 spiro atoms.